The van der Waals surface area contributed by atoms with Gasteiger partial charge in [-0.25, -0.2) is 0 Å². The van der Waals surface area contributed by atoms with Crippen molar-refractivity contribution in [3.8, 4) is 5.75 Å². The molecule has 152 valence electrons. The van der Waals surface area contributed by atoms with Crippen LogP contribution in [0.2, 0.25) is 0 Å². The van der Waals surface area contributed by atoms with E-state index in [4.69, 9.17) is 4.74 Å². The summed E-state index contributed by atoms with van der Waals surface area (Å²) >= 11 is 0. The fourth-order valence-corrected chi connectivity index (χ4v) is 2.92. The van der Waals surface area contributed by atoms with E-state index >= 15 is 0 Å². The number of rotatable bonds is 10. The number of pyridine rings is 1. The number of hydrogen-bond donors (Lipinski definition) is 1. The summed E-state index contributed by atoms with van der Waals surface area (Å²) < 4.78 is 7.55. The van der Waals surface area contributed by atoms with Crippen molar-refractivity contribution in [1.29, 1.82) is 0 Å². The molecule has 1 aromatic carbocycles. The molecule has 0 atom stereocenters. The molecule has 0 radical (unpaired) electrons. The lowest BCUT2D eigenvalue weighted by molar-refractivity contribution is -0.116. The summed E-state index contributed by atoms with van der Waals surface area (Å²) in [5.41, 5.74) is 2.50. The summed E-state index contributed by atoms with van der Waals surface area (Å²) in [7, 11) is 0. The summed E-state index contributed by atoms with van der Waals surface area (Å²) in [6, 6.07) is 13.9. The van der Waals surface area contributed by atoms with Crippen LogP contribution in [0.25, 0.3) is 0 Å². The highest BCUT2D eigenvalue weighted by Crippen LogP contribution is 2.18. The van der Waals surface area contributed by atoms with Gasteiger partial charge in [-0.3, -0.25) is 14.5 Å². The van der Waals surface area contributed by atoms with Gasteiger partial charge >= 0.3 is 0 Å². The number of benzene rings is 1. The first-order valence-electron chi connectivity index (χ1n) is 10.0. The molecule has 6 nitrogen and oxygen atoms in total. The van der Waals surface area contributed by atoms with E-state index in [1.807, 2.05) is 41.2 Å². The minimum absolute atomic E-state index is 0.0526. The number of hydrogen-bond acceptors (Lipinski definition) is 4. The number of carbonyl (C=O) groups is 1. The number of aryl methyl sites for hydroxylation is 2. The van der Waals surface area contributed by atoms with E-state index in [-0.39, 0.29) is 5.91 Å². The molecule has 0 saturated carbocycles. The van der Waals surface area contributed by atoms with Gasteiger partial charge in [0, 0.05) is 37.6 Å². The van der Waals surface area contributed by atoms with Crippen LogP contribution >= 0.6 is 0 Å². The van der Waals surface area contributed by atoms with Crippen molar-refractivity contribution in [1.82, 2.24) is 14.8 Å². The molecule has 0 fully saturated rings. The smallest absolute Gasteiger partial charge is 0.225 e. The summed E-state index contributed by atoms with van der Waals surface area (Å²) in [5, 5.41) is 7.24. The molecule has 6 heteroatoms. The lowest BCUT2D eigenvalue weighted by Crippen LogP contribution is -2.13. The highest BCUT2D eigenvalue weighted by Gasteiger charge is 2.06. The Morgan fingerprint density at radius 3 is 2.59 bits per heavy atom. The van der Waals surface area contributed by atoms with Crippen LogP contribution in [0, 0.1) is 0 Å². The lowest BCUT2D eigenvalue weighted by atomic mass is 10.0. The molecule has 29 heavy (non-hydrogen) atoms. The molecule has 2 aromatic heterocycles. The van der Waals surface area contributed by atoms with Gasteiger partial charge in [-0.1, -0.05) is 26.0 Å². The number of anilines is 1. The topological polar surface area (TPSA) is 69.0 Å². The summed E-state index contributed by atoms with van der Waals surface area (Å²) in [5.74, 6) is 1.87. The third kappa shape index (κ3) is 6.75. The first-order chi connectivity index (χ1) is 14.1. The average Bonchev–Trinajstić information content (AvgIpc) is 3.18. The molecule has 0 aliphatic heterocycles. The van der Waals surface area contributed by atoms with E-state index < -0.39 is 0 Å². The maximum Gasteiger partial charge on any atom is 0.225 e. The molecule has 2 heterocycles. The normalized spacial score (nSPS) is 10.9. The van der Waals surface area contributed by atoms with Crippen LogP contribution in [0.1, 0.15) is 43.7 Å². The summed E-state index contributed by atoms with van der Waals surface area (Å²) in [6.07, 6.45) is 7.37. The van der Waals surface area contributed by atoms with Gasteiger partial charge in [-0.05, 0) is 54.2 Å². The quantitative estimate of drug-likeness (QED) is 0.518. The lowest BCUT2D eigenvalue weighted by Gasteiger charge is -2.09. The van der Waals surface area contributed by atoms with Gasteiger partial charge in [-0.15, -0.1) is 0 Å². The average molecular weight is 393 g/mol. The van der Waals surface area contributed by atoms with Crippen molar-refractivity contribution >= 4 is 11.7 Å². The number of nitrogens with zero attached hydrogens (tertiary/aromatic N) is 3. The zero-order valence-electron chi connectivity index (χ0n) is 17.0. The Morgan fingerprint density at radius 1 is 1.10 bits per heavy atom. The van der Waals surface area contributed by atoms with Gasteiger partial charge in [-0.2, -0.15) is 5.10 Å². The van der Waals surface area contributed by atoms with Gasteiger partial charge in [0.15, 0.2) is 5.82 Å². The van der Waals surface area contributed by atoms with Crippen LogP contribution in [-0.4, -0.2) is 27.3 Å². The van der Waals surface area contributed by atoms with Gasteiger partial charge in [0.2, 0.25) is 5.91 Å². The molecule has 1 N–H and O–H groups in total. The van der Waals surface area contributed by atoms with Crippen molar-refractivity contribution in [2.45, 2.75) is 45.6 Å². The number of aromatic nitrogens is 3. The van der Waals surface area contributed by atoms with Crippen molar-refractivity contribution in [2.75, 3.05) is 11.9 Å². The van der Waals surface area contributed by atoms with Crippen molar-refractivity contribution < 1.29 is 9.53 Å². The van der Waals surface area contributed by atoms with Crippen LogP contribution in [0.4, 0.5) is 5.82 Å². The van der Waals surface area contributed by atoms with E-state index in [2.05, 4.69) is 41.4 Å². The molecule has 3 rings (SSSR count). The Balaban J connectivity index is 1.35. The van der Waals surface area contributed by atoms with E-state index in [1.54, 1.807) is 12.4 Å². The molecule has 0 saturated heterocycles. The fraction of sp³-hybridized carbons (Fsp3) is 0.348. The molecule has 1 amide bonds. The Morgan fingerprint density at radius 2 is 1.86 bits per heavy atom. The molecule has 0 unspecified atom stereocenters. The zero-order chi connectivity index (χ0) is 20.5. The van der Waals surface area contributed by atoms with E-state index in [0.717, 1.165) is 18.7 Å². The van der Waals surface area contributed by atoms with E-state index in [9.17, 15) is 4.79 Å². The van der Waals surface area contributed by atoms with Crippen molar-refractivity contribution in [2.24, 2.45) is 0 Å². The number of nitrogens with one attached hydrogen (secondary N) is 1. The van der Waals surface area contributed by atoms with Crippen LogP contribution in [0.15, 0.2) is 61.1 Å². The maximum atomic E-state index is 12.1. The second-order valence-electron chi connectivity index (χ2n) is 7.29. The highest BCUT2D eigenvalue weighted by molar-refractivity contribution is 5.89. The van der Waals surface area contributed by atoms with Crippen LogP contribution in [0.5, 0.6) is 5.75 Å². The minimum Gasteiger partial charge on any atom is -0.494 e. The molecule has 3 aromatic rings. The predicted molar refractivity (Wildman–Crippen MR) is 114 cm³/mol. The van der Waals surface area contributed by atoms with Gasteiger partial charge < -0.3 is 10.1 Å². The molecular weight excluding hydrogens is 364 g/mol. The molecule has 0 aliphatic carbocycles. The van der Waals surface area contributed by atoms with Gasteiger partial charge in [0.25, 0.3) is 0 Å². The first kappa shape index (κ1) is 20.6. The Labute approximate surface area is 171 Å². The second kappa shape index (κ2) is 10.4. The van der Waals surface area contributed by atoms with Crippen LogP contribution < -0.4 is 10.1 Å². The maximum absolute atomic E-state index is 12.1. The van der Waals surface area contributed by atoms with Crippen LogP contribution in [-0.2, 0) is 17.8 Å². The molecule has 0 bridgehead atoms. The first-order valence-corrected chi connectivity index (χ1v) is 10.0. The van der Waals surface area contributed by atoms with Crippen LogP contribution in [0.3, 0.4) is 0 Å². The minimum atomic E-state index is -0.0526. The summed E-state index contributed by atoms with van der Waals surface area (Å²) in [4.78, 5) is 16.1. The standard InChI is InChI=1S/C23H28N4O2/c1-18(2)20-5-7-21(8-6-20)29-17-3-4-23(28)25-22-12-16-27(26-22)15-11-19-9-13-24-14-10-19/h5-10,12-14,16,18H,3-4,11,15,17H2,1-2H3,(H,25,26,28). The van der Waals surface area contributed by atoms with E-state index in [0.29, 0.717) is 31.2 Å². The third-order valence-corrected chi connectivity index (χ3v) is 4.65. The zero-order valence-corrected chi connectivity index (χ0v) is 17.0. The Bertz CT molecular complexity index is 889. The largest absolute Gasteiger partial charge is 0.494 e. The number of ether oxygens (including phenoxy) is 1. The van der Waals surface area contributed by atoms with Crippen molar-refractivity contribution in [3.05, 3.63) is 72.2 Å². The summed E-state index contributed by atoms with van der Waals surface area (Å²) in [6.45, 7) is 5.59. The Kier molecular flexibility index (Phi) is 7.39. The molecule has 0 aliphatic rings. The monoisotopic (exact) mass is 392 g/mol. The third-order valence-electron chi connectivity index (χ3n) is 4.65. The predicted octanol–water partition coefficient (Wildman–Crippen LogP) is 4.44. The van der Waals surface area contributed by atoms with Crippen molar-refractivity contribution in [3.63, 3.8) is 0 Å². The Hall–Kier alpha value is -3.15. The fourth-order valence-electron chi connectivity index (χ4n) is 2.92. The van der Waals surface area contributed by atoms with Gasteiger partial charge in [0.05, 0.1) is 6.61 Å². The molecular formula is C23H28N4O2. The number of amides is 1. The molecule has 0 spiro atoms. The van der Waals surface area contributed by atoms with E-state index in [1.165, 1.54) is 11.1 Å². The second-order valence-corrected chi connectivity index (χ2v) is 7.29. The SMILES string of the molecule is CC(C)c1ccc(OCCCC(=O)Nc2ccn(CCc3ccncc3)n2)cc1. The van der Waals surface area contributed by atoms with Gasteiger partial charge in [0.1, 0.15) is 5.75 Å². The highest BCUT2D eigenvalue weighted by atomic mass is 16.5. The number of carbonyl (C=O) groups excluding carboxylic acids is 1.